The van der Waals surface area contributed by atoms with Crippen molar-refractivity contribution in [2.45, 2.75) is 25.8 Å². The van der Waals surface area contributed by atoms with Crippen molar-refractivity contribution in [3.05, 3.63) is 34.9 Å². The molecule has 0 amide bonds. The average Bonchev–Trinajstić information content (AvgIpc) is 2.85. The standard InChI is InChI=1S/C17H21N3O/c1-13-5-17(12-21-2)11-20(13)4-3-14-6-15(9-18)8-16(7-14)10-19/h6-8,13,17H,3-5,11-12H2,1-2H3. The van der Waals surface area contributed by atoms with Gasteiger partial charge in [-0.3, -0.25) is 4.90 Å². The number of hydrogen-bond donors (Lipinski definition) is 0. The topological polar surface area (TPSA) is 60.0 Å². The lowest BCUT2D eigenvalue weighted by Gasteiger charge is -2.21. The Morgan fingerprint density at radius 1 is 1.24 bits per heavy atom. The molecule has 2 atom stereocenters. The Morgan fingerprint density at radius 2 is 1.90 bits per heavy atom. The Morgan fingerprint density at radius 3 is 2.48 bits per heavy atom. The van der Waals surface area contributed by atoms with Crippen molar-refractivity contribution < 1.29 is 4.74 Å². The fourth-order valence-corrected chi connectivity index (χ4v) is 3.12. The third-order valence-electron chi connectivity index (χ3n) is 4.13. The molecule has 1 aliphatic heterocycles. The smallest absolute Gasteiger partial charge is 0.0992 e. The van der Waals surface area contributed by atoms with Crippen LogP contribution in [0, 0.1) is 28.6 Å². The van der Waals surface area contributed by atoms with Gasteiger partial charge >= 0.3 is 0 Å². The first-order chi connectivity index (χ1) is 10.2. The highest BCUT2D eigenvalue weighted by Crippen LogP contribution is 2.23. The van der Waals surface area contributed by atoms with Crippen molar-refractivity contribution >= 4 is 0 Å². The molecule has 0 bridgehead atoms. The Balaban J connectivity index is 1.97. The summed E-state index contributed by atoms with van der Waals surface area (Å²) >= 11 is 0. The second kappa shape index (κ2) is 7.22. The SMILES string of the molecule is COCC1CC(C)N(CCc2cc(C#N)cc(C#N)c2)C1. The largest absolute Gasteiger partial charge is 0.384 e. The van der Waals surface area contributed by atoms with E-state index in [4.69, 9.17) is 15.3 Å². The van der Waals surface area contributed by atoms with Crippen LogP contribution in [0.1, 0.15) is 30.0 Å². The van der Waals surface area contributed by atoms with Crippen LogP contribution in [0.5, 0.6) is 0 Å². The highest BCUT2D eigenvalue weighted by atomic mass is 16.5. The number of likely N-dealkylation sites (tertiary alicyclic amines) is 1. The monoisotopic (exact) mass is 283 g/mol. The number of hydrogen-bond acceptors (Lipinski definition) is 4. The molecule has 0 aliphatic carbocycles. The van der Waals surface area contributed by atoms with Crippen LogP contribution in [0.25, 0.3) is 0 Å². The van der Waals surface area contributed by atoms with E-state index < -0.39 is 0 Å². The fraction of sp³-hybridized carbons (Fsp3) is 0.529. The van der Waals surface area contributed by atoms with Gasteiger partial charge in [0.2, 0.25) is 0 Å². The zero-order chi connectivity index (χ0) is 15.2. The van der Waals surface area contributed by atoms with E-state index in [1.54, 1.807) is 13.2 Å². The van der Waals surface area contributed by atoms with Crippen molar-refractivity contribution in [2.24, 2.45) is 5.92 Å². The molecule has 4 heteroatoms. The van der Waals surface area contributed by atoms with Crippen LogP contribution >= 0.6 is 0 Å². The predicted molar refractivity (Wildman–Crippen MR) is 80.6 cm³/mol. The summed E-state index contributed by atoms with van der Waals surface area (Å²) in [6.07, 6.45) is 2.05. The highest BCUT2D eigenvalue weighted by Gasteiger charge is 2.28. The summed E-state index contributed by atoms with van der Waals surface area (Å²) in [5, 5.41) is 18.0. The quantitative estimate of drug-likeness (QED) is 0.832. The van der Waals surface area contributed by atoms with Gasteiger partial charge in [0.05, 0.1) is 29.9 Å². The minimum absolute atomic E-state index is 0.566. The zero-order valence-corrected chi connectivity index (χ0v) is 12.7. The molecule has 0 spiro atoms. The number of nitrogens with zero attached hydrogens (tertiary/aromatic N) is 3. The van der Waals surface area contributed by atoms with Gasteiger partial charge in [0.25, 0.3) is 0 Å². The first kappa shape index (κ1) is 15.5. The van der Waals surface area contributed by atoms with E-state index in [0.29, 0.717) is 23.1 Å². The summed E-state index contributed by atoms with van der Waals surface area (Å²) in [6, 6.07) is 10.2. The van der Waals surface area contributed by atoms with Crippen LogP contribution in [0.4, 0.5) is 0 Å². The molecule has 1 heterocycles. The molecule has 1 fully saturated rings. The number of methoxy groups -OCH3 is 1. The summed E-state index contributed by atoms with van der Waals surface area (Å²) < 4.78 is 5.25. The third kappa shape index (κ3) is 4.04. The van der Waals surface area contributed by atoms with Gasteiger partial charge in [-0.15, -0.1) is 0 Å². The minimum Gasteiger partial charge on any atom is -0.384 e. The number of benzene rings is 1. The summed E-state index contributed by atoms with van der Waals surface area (Å²) in [6.45, 7) is 5.10. The minimum atomic E-state index is 0.566. The lowest BCUT2D eigenvalue weighted by Crippen LogP contribution is -2.29. The second-order valence-electron chi connectivity index (χ2n) is 5.79. The van der Waals surface area contributed by atoms with E-state index in [0.717, 1.165) is 31.7 Å². The second-order valence-corrected chi connectivity index (χ2v) is 5.79. The lowest BCUT2D eigenvalue weighted by molar-refractivity contribution is 0.153. The summed E-state index contributed by atoms with van der Waals surface area (Å²) in [7, 11) is 1.75. The van der Waals surface area contributed by atoms with E-state index in [-0.39, 0.29) is 0 Å². The summed E-state index contributed by atoms with van der Waals surface area (Å²) in [5.74, 6) is 0.616. The highest BCUT2D eigenvalue weighted by molar-refractivity contribution is 5.42. The normalized spacial score (nSPS) is 21.9. The van der Waals surface area contributed by atoms with Crippen molar-refractivity contribution in [3.63, 3.8) is 0 Å². The van der Waals surface area contributed by atoms with Crippen molar-refractivity contribution in [1.82, 2.24) is 4.90 Å². The molecule has 21 heavy (non-hydrogen) atoms. The predicted octanol–water partition coefficient (Wildman–Crippen LogP) is 2.33. The zero-order valence-electron chi connectivity index (χ0n) is 12.7. The van der Waals surface area contributed by atoms with Crippen molar-refractivity contribution in [1.29, 1.82) is 10.5 Å². The van der Waals surface area contributed by atoms with E-state index in [9.17, 15) is 0 Å². The summed E-state index contributed by atoms with van der Waals surface area (Å²) in [4.78, 5) is 2.47. The molecular weight excluding hydrogens is 262 g/mol. The van der Waals surface area contributed by atoms with Crippen LogP contribution in [0.2, 0.25) is 0 Å². The molecule has 0 saturated carbocycles. The van der Waals surface area contributed by atoms with Crippen molar-refractivity contribution in [3.8, 4) is 12.1 Å². The maximum Gasteiger partial charge on any atom is 0.0992 e. The Hall–Kier alpha value is -1.88. The number of nitriles is 2. The maximum atomic E-state index is 9.01. The molecule has 2 unspecified atom stereocenters. The fourth-order valence-electron chi connectivity index (χ4n) is 3.12. The molecule has 4 nitrogen and oxygen atoms in total. The first-order valence-electron chi connectivity index (χ1n) is 7.33. The van der Waals surface area contributed by atoms with Gasteiger partial charge in [0.15, 0.2) is 0 Å². The van der Waals surface area contributed by atoms with Crippen LogP contribution in [0.15, 0.2) is 18.2 Å². The van der Waals surface area contributed by atoms with Gasteiger partial charge in [-0.05, 0) is 49.4 Å². The number of ether oxygens (including phenoxy) is 1. The molecule has 0 aromatic heterocycles. The van der Waals surface area contributed by atoms with Crippen LogP contribution in [-0.4, -0.2) is 37.7 Å². The number of rotatable bonds is 5. The lowest BCUT2D eigenvalue weighted by atomic mass is 10.0. The van der Waals surface area contributed by atoms with Crippen molar-refractivity contribution in [2.75, 3.05) is 26.8 Å². The van der Waals surface area contributed by atoms with Gasteiger partial charge in [0.1, 0.15) is 0 Å². The van der Waals surface area contributed by atoms with E-state index in [2.05, 4.69) is 24.0 Å². The van der Waals surface area contributed by atoms with Gasteiger partial charge in [-0.25, -0.2) is 0 Å². The van der Waals surface area contributed by atoms with Gasteiger partial charge in [-0.1, -0.05) is 0 Å². The molecule has 0 N–H and O–H groups in total. The van der Waals surface area contributed by atoms with Crippen LogP contribution in [-0.2, 0) is 11.2 Å². The molecule has 1 aromatic rings. The van der Waals surface area contributed by atoms with E-state index in [1.165, 1.54) is 6.42 Å². The van der Waals surface area contributed by atoms with E-state index in [1.807, 2.05) is 12.1 Å². The summed E-state index contributed by atoms with van der Waals surface area (Å²) in [5.41, 5.74) is 2.19. The molecule has 2 rings (SSSR count). The molecule has 1 aliphatic rings. The maximum absolute atomic E-state index is 9.01. The Kier molecular flexibility index (Phi) is 5.33. The Labute approximate surface area is 126 Å². The van der Waals surface area contributed by atoms with Gasteiger partial charge in [-0.2, -0.15) is 10.5 Å². The van der Waals surface area contributed by atoms with Gasteiger partial charge in [0, 0.05) is 26.2 Å². The van der Waals surface area contributed by atoms with Gasteiger partial charge < -0.3 is 4.74 Å². The average molecular weight is 283 g/mol. The Bertz CT molecular complexity index is 538. The molecular formula is C17H21N3O. The molecule has 0 radical (unpaired) electrons. The molecule has 1 aromatic carbocycles. The molecule has 1 saturated heterocycles. The molecule has 110 valence electrons. The first-order valence-corrected chi connectivity index (χ1v) is 7.33. The van der Waals surface area contributed by atoms with Crippen LogP contribution < -0.4 is 0 Å². The van der Waals surface area contributed by atoms with E-state index >= 15 is 0 Å². The third-order valence-corrected chi connectivity index (χ3v) is 4.13. The van der Waals surface area contributed by atoms with Crippen LogP contribution in [0.3, 0.4) is 0 Å².